The molecule has 4 nitrogen and oxygen atoms in total. The second-order valence-corrected chi connectivity index (χ2v) is 4.79. The van der Waals surface area contributed by atoms with Crippen molar-refractivity contribution in [2.45, 2.75) is 31.7 Å². The lowest BCUT2D eigenvalue weighted by molar-refractivity contribution is -0.133. The molecule has 20 heavy (non-hydrogen) atoms. The van der Waals surface area contributed by atoms with Gasteiger partial charge in [0.2, 0.25) is 0 Å². The number of halogens is 3. The van der Waals surface area contributed by atoms with Gasteiger partial charge in [0.15, 0.2) is 11.5 Å². The highest BCUT2D eigenvalue weighted by Crippen LogP contribution is 2.53. The summed E-state index contributed by atoms with van der Waals surface area (Å²) in [5, 5.41) is 8.86. The first-order valence-electron chi connectivity index (χ1n) is 5.91. The Kier molecular flexibility index (Phi) is 3.38. The zero-order valence-corrected chi connectivity index (χ0v) is 10.6. The van der Waals surface area contributed by atoms with Gasteiger partial charge < -0.3 is 9.84 Å². The first-order chi connectivity index (χ1) is 9.26. The van der Waals surface area contributed by atoms with Gasteiger partial charge in [0, 0.05) is 0 Å². The predicted octanol–water partition coefficient (Wildman–Crippen LogP) is 1.25. The summed E-state index contributed by atoms with van der Waals surface area (Å²) in [4.78, 5) is 16.0. The quantitative estimate of drug-likeness (QED) is 0.795. The van der Waals surface area contributed by atoms with E-state index in [1.165, 1.54) is 6.92 Å². The fraction of sp³-hybridized carbons (Fsp3) is 0.538. The molecule has 108 valence electrons. The van der Waals surface area contributed by atoms with E-state index in [9.17, 15) is 18.0 Å². The number of fused-ring (bicyclic) bond motifs is 1. The Morgan fingerprint density at radius 3 is 2.85 bits per heavy atom. The molecule has 1 heterocycles. The smallest absolute Gasteiger partial charge is 0.423 e. The molecule has 2 unspecified atom stereocenters. The van der Waals surface area contributed by atoms with Crippen molar-refractivity contribution in [3.8, 4) is 12.3 Å². The third kappa shape index (κ3) is 2.20. The highest BCUT2D eigenvalue weighted by molar-refractivity contribution is 6.10. The standard InChI is InChI=1S/C13H12F3NO3/c1-3-12-4-9(12)17-5-8(20-7(2)6-18)10(11(12)19)13(14,15)16/h1,5,7,9,18H,4,6H2,2H3/t7-,9?,12?/m1/s1. The number of hydrogen-bond donors (Lipinski definition) is 1. The lowest BCUT2D eigenvalue weighted by Gasteiger charge is -2.18. The van der Waals surface area contributed by atoms with E-state index in [0.29, 0.717) is 0 Å². The van der Waals surface area contributed by atoms with E-state index in [1.54, 1.807) is 0 Å². The summed E-state index contributed by atoms with van der Waals surface area (Å²) in [6, 6.07) is -0.636. The topological polar surface area (TPSA) is 58.9 Å². The molecule has 1 fully saturated rings. The third-order valence-electron chi connectivity index (χ3n) is 3.30. The normalized spacial score (nSPS) is 30.4. The zero-order valence-electron chi connectivity index (χ0n) is 10.6. The fourth-order valence-electron chi connectivity index (χ4n) is 2.06. The number of terminal acetylenes is 1. The van der Waals surface area contributed by atoms with E-state index in [1.807, 2.05) is 0 Å². The van der Waals surface area contributed by atoms with Crippen molar-refractivity contribution in [1.29, 1.82) is 0 Å². The van der Waals surface area contributed by atoms with Gasteiger partial charge in [-0.15, -0.1) is 6.42 Å². The second-order valence-electron chi connectivity index (χ2n) is 4.79. The maximum Gasteiger partial charge on any atom is 0.423 e. The minimum absolute atomic E-state index is 0.112. The number of hydrogen-bond acceptors (Lipinski definition) is 4. The summed E-state index contributed by atoms with van der Waals surface area (Å²) in [5.41, 5.74) is -2.94. The summed E-state index contributed by atoms with van der Waals surface area (Å²) in [7, 11) is 0. The molecule has 0 bridgehead atoms. The molecule has 3 atom stereocenters. The minimum atomic E-state index is -4.89. The number of Topliss-reactive ketones (excluding diaryl/α,β-unsaturated/α-hetero) is 1. The van der Waals surface area contributed by atoms with E-state index in [-0.39, 0.29) is 6.42 Å². The Bertz CT molecular complexity index is 544. The van der Waals surface area contributed by atoms with Crippen LogP contribution in [0.2, 0.25) is 0 Å². The van der Waals surface area contributed by atoms with Crippen molar-refractivity contribution in [2.75, 3.05) is 6.61 Å². The maximum atomic E-state index is 13.1. The Hall–Kier alpha value is -1.81. The molecule has 0 aromatic carbocycles. The number of aliphatic hydroxyl groups excluding tert-OH is 1. The van der Waals surface area contributed by atoms with Crippen molar-refractivity contribution in [2.24, 2.45) is 10.4 Å². The van der Waals surface area contributed by atoms with E-state index in [0.717, 1.165) is 6.21 Å². The van der Waals surface area contributed by atoms with E-state index in [4.69, 9.17) is 16.3 Å². The van der Waals surface area contributed by atoms with E-state index >= 15 is 0 Å². The van der Waals surface area contributed by atoms with Crippen molar-refractivity contribution < 1.29 is 27.8 Å². The SMILES string of the molecule is C#CC12CC1N=CC(O[C@H](C)CO)=C(C(F)(F)F)C2=O. The van der Waals surface area contributed by atoms with E-state index in [2.05, 4.69) is 10.9 Å². The summed E-state index contributed by atoms with van der Waals surface area (Å²) >= 11 is 0. The molecule has 0 amide bonds. The molecule has 7 heteroatoms. The molecular weight excluding hydrogens is 275 g/mol. The van der Waals surface area contributed by atoms with Gasteiger partial charge in [0.25, 0.3) is 0 Å². The van der Waals surface area contributed by atoms with Gasteiger partial charge in [-0.2, -0.15) is 13.2 Å². The number of aliphatic imine (C=N–C) groups is 1. The van der Waals surface area contributed by atoms with Crippen LogP contribution < -0.4 is 0 Å². The van der Waals surface area contributed by atoms with Crippen molar-refractivity contribution in [1.82, 2.24) is 0 Å². The molecule has 2 aliphatic rings. The number of rotatable bonds is 3. The lowest BCUT2D eigenvalue weighted by Crippen LogP contribution is -2.30. The Morgan fingerprint density at radius 1 is 1.70 bits per heavy atom. The number of nitrogens with zero attached hydrogens (tertiary/aromatic N) is 1. The molecule has 1 N–H and O–H groups in total. The summed E-state index contributed by atoms with van der Waals surface area (Å²) in [5.74, 6) is 0.258. The largest absolute Gasteiger partial charge is 0.486 e. The first-order valence-corrected chi connectivity index (χ1v) is 5.91. The average Bonchev–Trinajstić information content (AvgIpc) is 3.09. The number of carbonyl (C=O) groups excluding carboxylic acids is 1. The summed E-state index contributed by atoms with van der Waals surface area (Å²) in [6.07, 6.45) is 0.408. The lowest BCUT2D eigenvalue weighted by atomic mass is 9.94. The van der Waals surface area contributed by atoms with Gasteiger partial charge in [-0.1, -0.05) is 5.92 Å². The van der Waals surface area contributed by atoms with Crippen LogP contribution in [-0.4, -0.2) is 42.0 Å². The minimum Gasteiger partial charge on any atom is -0.486 e. The van der Waals surface area contributed by atoms with Crippen LogP contribution in [0.15, 0.2) is 16.3 Å². The van der Waals surface area contributed by atoms with Crippen LogP contribution in [0, 0.1) is 17.8 Å². The van der Waals surface area contributed by atoms with Crippen LogP contribution in [0.25, 0.3) is 0 Å². The Balaban J connectivity index is 2.49. The molecule has 0 spiro atoms. The number of carbonyl (C=O) groups is 1. The highest BCUT2D eigenvalue weighted by atomic mass is 19.4. The van der Waals surface area contributed by atoms with Gasteiger partial charge in [-0.05, 0) is 13.3 Å². The number of ether oxygens (including phenoxy) is 1. The molecule has 1 aliphatic heterocycles. The zero-order chi connectivity index (χ0) is 15.1. The van der Waals surface area contributed by atoms with Crippen LogP contribution in [-0.2, 0) is 9.53 Å². The van der Waals surface area contributed by atoms with E-state index < -0.39 is 47.5 Å². The van der Waals surface area contributed by atoms with Crippen LogP contribution in [0.4, 0.5) is 13.2 Å². The second kappa shape index (κ2) is 4.63. The number of aliphatic hydroxyl groups is 1. The van der Waals surface area contributed by atoms with Crippen LogP contribution in [0.1, 0.15) is 13.3 Å². The molecule has 0 aromatic heterocycles. The van der Waals surface area contributed by atoms with Crippen molar-refractivity contribution >= 4 is 12.0 Å². The number of ketones is 1. The monoisotopic (exact) mass is 287 g/mol. The molecule has 0 aromatic rings. The van der Waals surface area contributed by atoms with Gasteiger partial charge >= 0.3 is 6.18 Å². The average molecular weight is 287 g/mol. The fourth-order valence-corrected chi connectivity index (χ4v) is 2.06. The third-order valence-corrected chi connectivity index (χ3v) is 3.30. The summed E-state index contributed by atoms with van der Waals surface area (Å²) in [6.45, 7) is 0.891. The number of allylic oxidation sites excluding steroid dienone is 2. The molecule has 1 saturated carbocycles. The van der Waals surface area contributed by atoms with Crippen LogP contribution in [0.3, 0.4) is 0 Å². The van der Waals surface area contributed by atoms with Gasteiger partial charge in [-0.3, -0.25) is 9.79 Å². The Morgan fingerprint density at radius 2 is 2.35 bits per heavy atom. The Labute approximate surface area is 113 Å². The van der Waals surface area contributed by atoms with Crippen molar-refractivity contribution in [3.05, 3.63) is 11.3 Å². The molecule has 1 aliphatic carbocycles. The van der Waals surface area contributed by atoms with Gasteiger partial charge in [0.05, 0.1) is 18.9 Å². The molecule has 0 saturated heterocycles. The van der Waals surface area contributed by atoms with Crippen molar-refractivity contribution in [3.63, 3.8) is 0 Å². The van der Waals surface area contributed by atoms with Gasteiger partial charge in [-0.25, -0.2) is 0 Å². The van der Waals surface area contributed by atoms with Gasteiger partial charge in [0.1, 0.15) is 17.1 Å². The predicted molar refractivity (Wildman–Crippen MR) is 63.9 cm³/mol. The molecule has 0 radical (unpaired) electrons. The highest BCUT2D eigenvalue weighted by Gasteiger charge is 2.64. The van der Waals surface area contributed by atoms with Crippen LogP contribution >= 0.6 is 0 Å². The molecule has 2 rings (SSSR count). The summed E-state index contributed by atoms with van der Waals surface area (Å²) < 4.78 is 44.3. The number of alkyl halides is 3. The molecular formula is C13H12F3NO3. The first kappa shape index (κ1) is 14.6. The maximum absolute atomic E-state index is 13.1. The van der Waals surface area contributed by atoms with Crippen LogP contribution in [0.5, 0.6) is 0 Å².